The van der Waals surface area contributed by atoms with Crippen molar-refractivity contribution in [1.29, 1.82) is 0 Å². The number of ketones is 1. The average Bonchev–Trinajstić information content (AvgIpc) is 3.07. The van der Waals surface area contributed by atoms with Crippen LogP contribution in [0.3, 0.4) is 0 Å². The standard InChI is InChI=1S/C26H21NO5/c1-15-25(20-6-4-5-7-22(20)27(15)2)23(28)14-31-17-9-11-19-18-10-8-16(30-3)12-21(18)26(29)32-24(19)13-17/h4-13H,14H2,1-3H3. The first kappa shape index (κ1) is 19.9. The fourth-order valence-corrected chi connectivity index (χ4v) is 4.20. The molecule has 2 aromatic heterocycles. The van der Waals surface area contributed by atoms with Gasteiger partial charge in [-0.2, -0.15) is 0 Å². The number of carbonyl (C=O) groups is 1. The molecule has 0 atom stereocenters. The first-order valence-electron chi connectivity index (χ1n) is 10.2. The van der Waals surface area contributed by atoms with Crippen LogP contribution >= 0.6 is 0 Å². The minimum absolute atomic E-state index is 0.105. The number of aromatic nitrogens is 1. The zero-order valence-corrected chi connectivity index (χ0v) is 18.0. The van der Waals surface area contributed by atoms with Gasteiger partial charge in [0.05, 0.1) is 12.5 Å². The molecule has 0 radical (unpaired) electrons. The number of hydrogen-bond acceptors (Lipinski definition) is 5. The van der Waals surface area contributed by atoms with Gasteiger partial charge in [-0.25, -0.2) is 4.79 Å². The van der Waals surface area contributed by atoms with Crippen molar-refractivity contribution in [3.63, 3.8) is 0 Å². The lowest BCUT2D eigenvalue weighted by atomic mass is 10.1. The number of rotatable bonds is 5. The quantitative estimate of drug-likeness (QED) is 0.224. The molecule has 160 valence electrons. The number of fused-ring (bicyclic) bond motifs is 4. The topological polar surface area (TPSA) is 70.7 Å². The van der Waals surface area contributed by atoms with Crippen LogP contribution in [-0.2, 0) is 7.05 Å². The molecule has 32 heavy (non-hydrogen) atoms. The maximum atomic E-state index is 13.0. The van der Waals surface area contributed by atoms with Gasteiger partial charge in [0, 0.05) is 46.0 Å². The van der Waals surface area contributed by atoms with Gasteiger partial charge >= 0.3 is 5.63 Å². The molecular weight excluding hydrogens is 406 g/mol. The van der Waals surface area contributed by atoms with Crippen molar-refractivity contribution in [1.82, 2.24) is 4.57 Å². The number of para-hydroxylation sites is 1. The van der Waals surface area contributed by atoms with Crippen molar-refractivity contribution in [3.05, 3.63) is 82.3 Å². The summed E-state index contributed by atoms with van der Waals surface area (Å²) in [4.78, 5) is 25.5. The lowest BCUT2D eigenvalue weighted by Gasteiger charge is -2.09. The van der Waals surface area contributed by atoms with Crippen LogP contribution in [0, 0.1) is 6.92 Å². The number of hydrogen-bond donors (Lipinski definition) is 0. The van der Waals surface area contributed by atoms with Crippen LogP contribution in [0.15, 0.2) is 69.9 Å². The van der Waals surface area contributed by atoms with Gasteiger partial charge in [-0.1, -0.05) is 18.2 Å². The van der Waals surface area contributed by atoms with E-state index in [1.54, 1.807) is 31.4 Å². The summed E-state index contributed by atoms with van der Waals surface area (Å²) in [7, 11) is 3.50. The van der Waals surface area contributed by atoms with Crippen molar-refractivity contribution in [2.24, 2.45) is 7.05 Å². The molecule has 0 aliphatic rings. The molecule has 0 saturated heterocycles. The molecule has 5 aromatic rings. The van der Waals surface area contributed by atoms with Gasteiger partial charge in [0.1, 0.15) is 17.1 Å². The molecule has 6 nitrogen and oxygen atoms in total. The van der Waals surface area contributed by atoms with E-state index in [0.29, 0.717) is 28.0 Å². The third kappa shape index (κ3) is 3.12. The minimum atomic E-state index is -0.453. The predicted molar refractivity (Wildman–Crippen MR) is 124 cm³/mol. The summed E-state index contributed by atoms with van der Waals surface area (Å²) in [5.74, 6) is 0.942. The number of nitrogens with zero attached hydrogens (tertiary/aromatic N) is 1. The largest absolute Gasteiger partial charge is 0.497 e. The Balaban J connectivity index is 1.46. The molecule has 6 heteroatoms. The van der Waals surface area contributed by atoms with Crippen LogP contribution < -0.4 is 15.1 Å². The van der Waals surface area contributed by atoms with Gasteiger partial charge in [0.2, 0.25) is 5.78 Å². The molecule has 0 fully saturated rings. The van der Waals surface area contributed by atoms with Crippen LogP contribution in [0.1, 0.15) is 16.1 Å². The van der Waals surface area contributed by atoms with Crippen LogP contribution in [-0.4, -0.2) is 24.1 Å². The van der Waals surface area contributed by atoms with Gasteiger partial charge in [-0.15, -0.1) is 0 Å². The lowest BCUT2D eigenvalue weighted by Crippen LogP contribution is -2.13. The second-order valence-corrected chi connectivity index (χ2v) is 7.71. The second kappa shape index (κ2) is 7.57. The average molecular weight is 427 g/mol. The zero-order valence-electron chi connectivity index (χ0n) is 18.0. The predicted octanol–water partition coefficient (Wildman–Crippen LogP) is 5.02. The van der Waals surface area contributed by atoms with E-state index in [4.69, 9.17) is 13.9 Å². The fourth-order valence-electron chi connectivity index (χ4n) is 4.20. The molecule has 0 saturated carbocycles. The molecule has 0 aliphatic carbocycles. The van der Waals surface area contributed by atoms with Gasteiger partial charge in [0.25, 0.3) is 0 Å². The Labute approximate surface area is 183 Å². The van der Waals surface area contributed by atoms with Gasteiger partial charge in [0.15, 0.2) is 6.61 Å². The van der Waals surface area contributed by atoms with Crippen LogP contribution in [0.25, 0.3) is 32.6 Å². The highest BCUT2D eigenvalue weighted by Gasteiger charge is 2.19. The third-order valence-corrected chi connectivity index (χ3v) is 5.94. The molecule has 0 aliphatic heterocycles. The Morgan fingerprint density at radius 2 is 1.69 bits per heavy atom. The molecule has 5 rings (SSSR count). The maximum absolute atomic E-state index is 13.0. The lowest BCUT2D eigenvalue weighted by molar-refractivity contribution is 0.0922. The third-order valence-electron chi connectivity index (χ3n) is 5.94. The Morgan fingerprint density at radius 3 is 2.50 bits per heavy atom. The Morgan fingerprint density at radius 1 is 0.938 bits per heavy atom. The van der Waals surface area contributed by atoms with Crippen LogP contribution in [0.2, 0.25) is 0 Å². The summed E-state index contributed by atoms with van der Waals surface area (Å²) in [5.41, 5.74) is 2.51. The van der Waals surface area contributed by atoms with Crippen LogP contribution in [0.5, 0.6) is 11.5 Å². The number of aryl methyl sites for hydroxylation is 1. The highest BCUT2D eigenvalue weighted by Crippen LogP contribution is 2.29. The number of benzene rings is 3. The Kier molecular flexibility index (Phi) is 4.70. The first-order valence-corrected chi connectivity index (χ1v) is 10.2. The first-order chi connectivity index (χ1) is 15.5. The SMILES string of the molecule is COc1ccc2c(c1)c(=O)oc1cc(OCC(=O)c3c(C)n(C)c4ccccc34)ccc12. The maximum Gasteiger partial charge on any atom is 0.344 e. The number of carbonyl (C=O) groups excluding carboxylic acids is 1. The van der Waals surface area contributed by atoms with Crippen LogP contribution in [0.4, 0.5) is 0 Å². The van der Waals surface area contributed by atoms with E-state index in [-0.39, 0.29) is 12.4 Å². The second-order valence-electron chi connectivity index (χ2n) is 7.71. The monoisotopic (exact) mass is 427 g/mol. The highest BCUT2D eigenvalue weighted by atomic mass is 16.5. The smallest absolute Gasteiger partial charge is 0.344 e. The minimum Gasteiger partial charge on any atom is -0.497 e. The molecule has 3 aromatic carbocycles. The van der Waals surface area contributed by atoms with Crippen molar-refractivity contribution < 1.29 is 18.7 Å². The van der Waals surface area contributed by atoms with Gasteiger partial charge < -0.3 is 18.5 Å². The Hall–Kier alpha value is -4.06. The van der Waals surface area contributed by atoms with E-state index in [1.807, 2.05) is 54.9 Å². The molecular formula is C26H21NO5. The molecule has 0 N–H and O–H groups in total. The number of ether oxygens (including phenoxy) is 2. The summed E-state index contributed by atoms with van der Waals surface area (Å²) in [5, 5.41) is 2.91. The summed E-state index contributed by atoms with van der Waals surface area (Å²) in [6.07, 6.45) is 0. The van der Waals surface area contributed by atoms with E-state index in [2.05, 4.69) is 0 Å². The highest BCUT2D eigenvalue weighted by molar-refractivity contribution is 6.10. The zero-order chi connectivity index (χ0) is 22.4. The van der Waals surface area contributed by atoms with Gasteiger partial charge in [-0.05, 0) is 43.3 Å². The van der Waals surface area contributed by atoms with Crippen molar-refractivity contribution >= 4 is 38.4 Å². The molecule has 2 heterocycles. The van der Waals surface area contributed by atoms with Gasteiger partial charge in [-0.3, -0.25) is 4.79 Å². The molecule has 0 amide bonds. The van der Waals surface area contributed by atoms with E-state index in [1.165, 1.54) is 0 Å². The van der Waals surface area contributed by atoms with E-state index in [0.717, 1.165) is 27.4 Å². The molecule has 0 unspecified atom stereocenters. The number of methoxy groups -OCH3 is 1. The van der Waals surface area contributed by atoms with E-state index >= 15 is 0 Å². The van der Waals surface area contributed by atoms with Crippen molar-refractivity contribution in [2.45, 2.75) is 6.92 Å². The van der Waals surface area contributed by atoms with Crippen molar-refractivity contribution in [2.75, 3.05) is 13.7 Å². The molecule has 0 spiro atoms. The molecule has 0 bridgehead atoms. The number of Topliss-reactive ketones (excluding diaryl/α,β-unsaturated/α-hetero) is 1. The van der Waals surface area contributed by atoms with Crippen molar-refractivity contribution in [3.8, 4) is 11.5 Å². The summed E-state index contributed by atoms with van der Waals surface area (Å²) >= 11 is 0. The van der Waals surface area contributed by atoms with E-state index < -0.39 is 5.63 Å². The summed E-state index contributed by atoms with van der Waals surface area (Å²) in [6.45, 7) is 1.81. The summed E-state index contributed by atoms with van der Waals surface area (Å²) in [6, 6.07) is 18.4. The Bertz CT molecular complexity index is 1570. The fraction of sp³-hybridized carbons (Fsp3) is 0.154. The summed E-state index contributed by atoms with van der Waals surface area (Å²) < 4.78 is 18.5. The van der Waals surface area contributed by atoms with E-state index in [9.17, 15) is 9.59 Å². The normalized spacial score (nSPS) is 11.3.